The van der Waals surface area contributed by atoms with Crippen molar-refractivity contribution in [3.05, 3.63) is 45.4 Å². The maximum Gasteiger partial charge on any atom is 0.348 e. The largest absolute Gasteiger partial charge is 0.497 e. The summed E-state index contributed by atoms with van der Waals surface area (Å²) in [4.78, 5) is 13.1. The summed E-state index contributed by atoms with van der Waals surface area (Å²) in [6.45, 7) is 1.69. The number of methoxy groups -OCH3 is 1. The van der Waals surface area contributed by atoms with Gasteiger partial charge in [0.15, 0.2) is 0 Å². The fourth-order valence-electron chi connectivity index (χ4n) is 1.58. The lowest BCUT2D eigenvalue weighted by molar-refractivity contribution is 0.0475. The summed E-state index contributed by atoms with van der Waals surface area (Å²) in [6, 6.07) is 5.94. The molecular formula is C14H14FNO3S. The zero-order chi connectivity index (χ0) is 14.7. The number of esters is 1. The first-order chi connectivity index (χ1) is 9.51. The third-order valence-electron chi connectivity index (χ3n) is 2.78. The second-order valence-electron chi connectivity index (χ2n) is 4.16. The number of thiophene rings is 1. The van der Waals surface area contributed by atoms with Crippen LogP contribution in [0.1, 0.15) is 20.1 Å². The standard InChI is InChI=1S/C14H14FNO3S/c1-8-12(16)6-13(20-8)14(17)19-7-9-3-4-10(18-2)5-11(9)15/h3-6H,7,16H2,1-2H3. The molecule has 0 aliphatic carbocycles. The number of nitrogen functional groups attached to an aromatic ring is 1. The molecule has 1 aromatic carbocycles. The van der Waals surface area contributed by atoms with E-state index in [1.807, 2.05) is 6.92 Å². The second kappa shape index (κ2) is 5.92. The number of hydrogen-bond acceptors (Lipinski definition) is 5. The highest BCUT2D eigenvalue weighted by atomic mass is 32.1. The topological polar surface area (TPSA) is 61.5 Å². The first kappa shape index (κ1) is 14.3. The van der Waals surface area contributed by atoms with Gasteiger partial charge in [0.2, 0.25) is 0 Å². The molecule has 0 unspecified atom stereocenters. The average Bonchev–Trinajstić information content (AvgIpc) is 2.77. The Morgan fingerprint density at radius 2 is 2.15 bits per heavy atom. The van der Waals surface area contributed by atoms with E-state index in [0.717, 1.165) is 4.88 Å². The van der Waals surface area contributed by atoms with Crippen LogP contribution in [0.5, 0.6) is 5.75 Å². The Morgan fingerprint density at radius 1 is 1.40 bits per heavy atom. The van der Waals surface area contributed by atoms with Crippen molar-refractivity contribution in [3.63, 3.8) is 0 Å². The summed E-state index contributed by atoms with van der Waals surface area (Å²) >= 11 is 1.25. The number of ether oxygens (including phenoxy) is 2. The van der Waals surface area contributed by atoms with E-state index in [0.29, 0.717) is 21.9 Å². The van der Waals surface area contributed by atoms with Gasteiger partial charge < -0.3 is 15.2 Å². The van der Waals surface area contributed by atoms with Gasteiger partial charge in [-0.15, -0.1) is 11.3 Å². The number of carbonyl (C=O) groups is 1. The summed E-state index contributed by atoms with van der Waals surface area (Å²) < 4.78 is 23.6. The highest BCUT2D eigenvalue weighted by Gasteiger charge is 2.13. The van der Waals surface area contributed by atoms with E-state index in [1.165, 1.54) is 30.6 Å². The lowest BCUT2D eigenvalue weighted by atomic mass is 10.2. The van der Waals surface area contributed by atoms with Crippen LogP contribution in [-0.4, -0.2) is 13.1 Å². The molecule has 6 heteroatoms. The van der Waals surface area contributed by atoms with Gasteiger partial charge in [-0.05, 0) is 25.1 Å². The van der Waals surface area contributed by atoms with Crippen LogP contribution in [0.25, 0.3) is 0 Å². The van der Waals surface area contributed by atoms with E-state index in [-0.39, 0.29) is 6.61 Å². The molecule has 0 saturated carbocycles. The minimum absolute atomic E-state index is 0.133. The molecule has 106 valence electrons. The van der Waals surface area contributed by atoms with Crippen LogP contribution >= 0.6 is 11.3 Å². The van der Waals surface area contributed by atoms with E-state index in [9.17, 15) is 9.18 Å². The van der Waals surface area contributed by atoms with Crippen molar-refractivity contribution < 1.29 is 18.7 Å². The normalized spacial score (nSPS) is 10.3. The minimum atomic E-state index is -0.509. The summed E-state index contributed by atoms with van der Waals surface area (Å²) in [5.41, 5.74) is 6.52. The van der Waals surface area contributed by atoms with Crippen molar-refractivity contribution in [1.29, 1.82) is 0 Å². The molecule has 0 amide bonds. The quantitative estimate of drug-likeness (QED) is 0.880. The predicted octanol–water partition coefficient (Wildman–Crippen LogP) is 3.14. The van der Waals surface area contributed by atoms with Gasteiger partial charge in [-0.3, -0.25) is 0 Å². The summed E-state index contributed by atoms with van der Waals surface area (Å²) in [7, 11) is 1.46. The van der Waals surface area contributed by atoms with Gasteiger partial charge in [-0.1, -0.05) is 0 Å². The van der Waals surface area contributed by atoms with Crippen molar-refractivity contribution in [3.8, 4) is 5.75 Å². The molecule has 2 aromatic rings. The average molecular weight is 295 g/mol. The molecule has 20 heavy (non-hydrogen) atoms. The maximum atomic E-state index is 13.7. The van der Waals surface area contributed by atoms with Crippen LogP contribution in [0.4, 0.5) is 10.1 Å². The Bertz CT molecular complexity index is 620. The van der Waals surface area contributed by atoms with Gasteiger partial charge in [0.25, 0.3) is 0 Å². The fourth-order valence-corrected chi connectivity index (χ4v) is 2.42. The van der Waals surface area contributed by atoms with Crippen LogP contribution < -0.4 is 10.5 Å². The summed E-state index contributed by atoms with van der Waals surface area (Å²) in [5.74, 6) is -0.566. The van der Waals surface area contributed by atoms with Crippen molar-refractivity contribution in [2.75, 3.05) is 12.8 Å². The molecule has 2 N–H and O–H groups in total. The van der Waals surface area contributed by atoms with Gasteiger partial charge in [-0.2, -0.15) is 0 Å². The number of benzene rings is 1. The molecule has 0 aliphatic rings. The van der Waals surface area contributed by atoms with E-state index in [2.05, 4.69) is 0 Å². The molecule has 0 fully saturated rings. The monoisotopic (exact) mass is 295 g/mol. The number of aryl methyl sites for hydroxylation is 1. The Balaban J connectivity index is 2.03. The smallest absolute Gasteiger partial charge is 0.348 e. The number of hydrogen-bond donors (Lipinski definition) is 1. The van der Waals surface area contributed by atoms with Gasteiger partial charge in [0, 0.05) is 22.2 Å². The Kier molecular flexibility index (Phi) is 4.24. The third kappa shape index (κ3) is 3.08. The fraction of sp³-hybridized carbons (Fsp3) is 0.214. The summed E-state index contributed by atoms with van der Waals surface area (Å²) in [6.07, 6.45) is 0. The number of nitrogens with two attached hydrogens (primary N) is 1. The molecule has 1 heterocycles. The first-order valence-corrected chi connectivity index (χ1v) is 6.68. The Morgan fingerprint density at radius 3 is 2.70 bits per heavy atom. The molecule has 0 spiro atoms. The van der Waals surface area contributed by atoms with Gasteiger partial charge >= 0.3 is 5.97 Å². The second-order valence-corrected chi connectivity index (χ2v) is 5.41. The SMILES string of the molecule is COc1ccc(COC(=O)c2cc(N)c(C)s2)c(F)c1. The van der Waals surface area contributed by atoms with Crippen molar-refractivity contribution in [2.24, 2.45) is 0 Å². The summed E-state index contributed by atoms with van der Waals surface area (Å²) in [5, 5.41) is 0. The van der Waals surface area contributed by atoms with Gasteiger partial charge in [0.05, 0.1) is 7.11 Å². The lowest BCUT2D eigenvalue weighted by Crippen LogP contribution is -2.04. The molecule has 0 aliphatic heterocycles. The molecule has 0 bridgehead atoms. The van der Waals surface area contributed by atoms with Crippen molar-refractivity contribution >= 4 is 23.0 Å². The molecule has 0 radical (unpaired) electrons. The number of rotatable bonds is 4. The number of halogens is 1. The van der Waals surface area contributed by atoms with Crippen LogP contribution in [0.2, 0.25) is 0 Å². The van der Waals surface area contributed by atoms with Crippen LogP contribution in [0.15, 0.2) is 24.3 Å². The zero-order valence-corrected chi connectivity index (χ0v) is 11.9. The highest BCUT2D eigenvalue weighted by molar-refractivity contribution is 7.14. The Hall–Kier alpha value is -2.08. The predicted molar refractivity (Wildman–Crippen MR) is 75.5 cm³/mol. The molecule has 0 atom stereocenters. The van der Waals surface area contributed by atoms with Gasteiger partial charge in [0.1, 0.15) is 23.1 Å². The van der Waals surface area contributed by atoms with Crippen molar-refractivity contribution in [2.45, 2.75) is 13.5 Å². The maximum absolute atomic E-state index is 13.7. The van der Waals surface area contributed by atoms with Crippen LogP contribution in [0, 0.1) is 12.7 Å². The molecule has 0 saturated heterocycles. The molecule has 4 nitrogen and oxygen atoms in total. The van der Waals surface area contributed by atoms with Crippen LogP contribution in [0.3, 0.4) is 0 Å². The molecular weight excluding hydrogens is 281 g/mol. The van der Waals surface area contributed by atoms with Crippen molar-refractivity contribution in [1.82, 2.24) is 0 Å². The third-order valence-corrected chi connectivity index (χ3v) is 3.82. The van der Waals surface area contributed by atoms with E-state index in [4.69, 9.17) is 15.2 Å². The van der Waals surface area contributed by atoms with E-state index in [1.54, 1.807) is 12.1 Å². The zero-order valence-electron chi connectivity index (χ0n) is 11.1. The Labute approximate surface area is 119 Å². The van der Waals surface area contributed by atoms with E-state index >= 15 is 0 Å². The van der Waals surface area contributed by atoms with Crippen LogP contribution in [-0.2, 0) is 11.3 Å². The lowest BCUT2D eigenvalue weighted by Gasteiger charge is -2.06. The number of carbonyl (C=O) groups excluding carboxylic acids is 1. The first-order valence-electron chi connectivity index (χ1n) is 5.86. The molecule has 1 aromatic heterocycles. The van der Waals surface area contributed by atoms with E-state index < -0.39 is 11.8 Å². The number of anilines is 1. The minimum Gasteiger partial charge on any atom is -0.497 e. The van der Waals surface area contributed by atoms with Gasteiger partial charge in [-0.25, -0.2) is 9.18 Å². The molecule has 2 rings (SSSR count). The highest BCUT2D eigenvalue weighted by Crippen LogP contribution is 2.24.